The number of carbonyl (C=O) groups excluding carboxylic acids is 1. The molecule has 3 aromatic carbocycles. The van der Waals surface area contributed by atoms with Crippen molar-refractivity contribution in [3.8, 4) is 11.1 Å². The topological polar surface area (TPSA) is 58.4 Å². The number of hydrogen-bond acceptors (Lipinski definition) is 3. The average Bonchev–Trinajstić information content (AvgIpc) is 3.43. The Morgan fingerprint density at radius 1 is 1.12 bits per heavy atom. The molecule has 0 bridgehead atoms. The molecule has 1 atom stereocenters. The number of anilines is 1. The fourth-order valence-electron chi connectivity index (χ4n) is 4.32. The second kappa shape index (κ2) is 8.31. The zero-order chi connectivity index (χ0) is 23.1. The zero-order valence-electron chi connectivity index (χ0n) is 18.4. The van der Waals surface area contributed by atoms with Crippen LogP contribution < -0.4 is 5.32 Å². The Bertz CT molecular complexity index is 1370. The first-order chi connectivity index (χ1) is 15.9. The fourth-order valence-corrected chi connectivity index (χ4v) is 4.32. The highest BCUT2D eigenvalue weighted by atomic mass is 19.1. The normalized spacial score (nSPS) is 15.9. The van der Waals surface area contributed by atoms with Crippen LogP contribution >= 0.6 is 0 Å². The summed E-state index contributed by atoms with van der Waals surface area (Å²) < 4.78 is 33.5. The summed E-state index contributed by atoms with van der Waals surface area (Å²) in [5, 5.41) is 3.01. The summed E-state index contributed by atoms with van der Waals surface area (Å²) >= 11 is 0. The Morgan fingerprint density at radius 3 is 2.79 bits per heavy atom. The van der Waals surface area contributed by atoms with Crippen LogP contribution in [-0.4, -0.2) is 22.5 Å². The van der Waals surface area contributed by atoms with Crippen molar-refractivity contribution in [2.24, 2.45) is 0 Å². The SMILES string of the molecule is Cc1cccc(NC(=O)N2CCC[C@@H]2c2nc3cc(-c4ccc(F)cc4F)ccc3o2)c1C. The average molecular weight is 447 g/mol. The van der Waals surface area contributed by atoms with Crippen molar-refractivity contribution in [1.29, 1.82) is 0 Å². The Kier molecular flexibility index (Phi) is 5.32. The van der Waals surface area contributed by atoms with Gasteiger partial charge >= 0.3 is 6.03 Å². The Labute approximate surface area is 190 Å². The molecule has 5 rings (SSSR count). The van der Waals surface area contributed by atoms with Gasteiger partial charge in [-0.15, -0.1) is 0 Å². The summed E-state index contributed by atoms with van der Waals surface area (Å²) in [4.78, 5) is 19.4. The zero-order valence-corrected chi connectivity index (χ0v) is 18.4. The second-order valence-electron chi connectivity index (χ2n) is 8.39. The Balaban J connectivity index is 1.42. The van der Waals surface area contributed by atoms with E-state index in [0.717, 1.165) is 35.7 Å². The van der Waals surface area contributed by atoms with Crippen molar-refractivity contribution in [2.45, 2.75) is 32.7 Å². The second-order valence-corrected chi connectivity index (χ2v) is 8.39. The number of rotatable bonds is 3. The van der Waals surface area contributed by atoms with Crippen LogP contribution in [0.1, 0.15) is 35.9 Å². The molecule has 0 aliphatic carbocycles. The van der Waals surface area contributed by atoms with Crippen LogP contribution in [0.5, 0.6) is 0 Å². The summed E-state index contributed by atoms with van der Waals surface area (Å²) in [6, 6.07) is 14.0. The van der Waals surface area contributed by atoms with Gasteiger partial charge in [-0.1, -0.05) is 18.2 Å². The minimum Gasteiger partial charge on any atom is -0.438 e. The first-order valence-electron chi connectivity index (χ1n) is 10.9. The number of nitrogens with zero attached hydrogens (tertiary/aromatic N) is 2. The molecule has 7 heteroatoms. The lowest BCUT2D eigenvalue weighted by Crippen LogP contribution is -2.34. The minimum absolute atomic E-state index is 0.192. The van der Waals surface area contributed by atoms with Crippen molar-refractivity contribution in [2.75, 3.05) is 11.9 Å². The van der Waals surface area contributed by atoms with Gasteiger partial charge in [-0.3, -0.25) is 0 Å². The molecule has 1 aromatic heterocycles. The first-order valence-corrected chi connectivity index (χ1v) is 10.9. The van der Waals surface area contributed by atoms with Crippen molar-refractivity contribution >= 4 is 22.8 Å². The van der Waals surface area contributed by atoms with Crippen LogP contribution in [0.4, 0.5) is 19.3 Å². The van der Waals surface area contributed by atoms with Crippen molar-refractivity contribution in [3.05, 3.63) is 83.2 Å². The molecule has 1 fully saturated rings. The van der Waals surface area contributed by atoms with Crippen LogP contribution in [0.15, 0.2) is 59.0 Å². The lowest BCUT2D eigenvalue weighted by Gasteiger charge is -2.23. The number of likely N-dealkylation sites (tertiary alicyclic amines) is 1. The summed E-state index contributed by atoms with van der Waals surface area (Å²) in [7, 11) is 0. The number of amides is 2. The first kappa shape index (κ1) is 21.1. The monoisotopic (exact) mass is 447 g/mol. The molecule has 5 nitrogen and oxygen atoms in total. The van der Waals surface area contributed by atoms with Crippen LogP contribution in [0.2, 0.25) is 0 Å². The molecule has 2 amide bonds. The van der Waals surface area contributed by atoms with Gasteiger partial charge in [0.25, 0.3) is 0 Å². The minimum atomic E-state index is -0.636. The number of fused-ring (bicyclic) bond motifs is 1. The van der Waals surface area contributed by atoms with Gasteiger partial charge in [-0.2, -0.15) is 0 Å². The number of benzene rings is 3. The molecule has 1 aliphatic rings. The van der Waals surface area contributed by atoms with Crippen molar-refractivity contribution in [1.82, 2.24) is 9.88 Å². The molecule has 0 radical (unpaired) electrons. The maximum absolute atomic E-state index is 14.2. The highest BCUT2D eigenvalue weighted by Crippen LogP contribution is 2.35. The summed E-state index contributed by atoms with van der Waals surface area (Å²) in [6.07, 6.45) is 1.59. The quantitative estimate of drug-likeness (QED) is 0.378. The number of hydrogen-bond donors (Lipinski definition) is 1. The molecular formula is C26H23F2N3O2. The number of aryl methyl sites for hydroxylation is 1. The molecule has 0 saturated carbocycles. The van der Waals surface area contributed by atoms with E-state index >= 15 is 0 Å². The van der Waals surface area contributed by atoms with Crippen LogP contribution in [0.3, 0.4) is 0 Å². The molecule has 4 aromatic rings. The van der Waals surface area contributed by atoms with Crippen LogP contribution in [0, 0.1) is 25.5 Å². The van der Waals surface area contributed by atoms with Gasteiger partial charge in [-0.05, 0) is 73.7 Å². The Hall–Kier alpha value is -3.74. The maximum Gasteiger partial charge on any atom is 0.322 e. The molecule has 33 heavy (non-hydrogen) atoms. The predicted molar refractivity (Wildman–Crippen MR) is 123 cm³/mol. The lowest BCUT2D eigenvalue weighted by molar-refractivity contribution is 0.199. The van der Waals surface area contributed by atoms with E-state index in [-0.39, 0.29) is 12.1 Å². The van der Waals surface area contributed by atoms with Gasteiger partial charge in [0.15, 0.2) is 5.58 Å². The number of nitrogens with one attached hydrogen (secondary N) is 1. The van der Waals surface area contributed by atoms with Crippen LogP contribution in [-0.2, 0) is 0 Å². The van der Waals surface area contributed by atoms with Gasteiger partial charge in [-0.25, -0.2) is 18.6 Å². The molecular weight excluding hydrogens is 424 g/mol. The highest BCUT2D eigenvalue weighted by Gasteiger charge is 2.34. The molecule has 0 unspecified atom stereocenters. The molecule has 1 N–H and O–H groups in total. The van der Waals surface area contributed by atoms with E-state index in [4.69, 9.17) is 4.42 Å². The number of halogens is 2. The molecule has 0 spiro atoms. The van der Waals surface area contributed by atoms with E-state index in [1.54, 1.807) is 23.1 Å². The number of carbonyl (C=O) groups is 1. The number of urea groups is 1. The van der Waals surface area contributed by atoms with E-state index in [1.807, 2.05) is 32.0 Å². The summed E-state index contributed by atoms with van der Waals surface area (Å²) in [5.41, 5.74) is 4.91. The third kappa shape index (κ3) is 3.95. The third-order valence-electron chi connectivity index (χ3n) is 6.29. The van der Waals surface area contributed by atoms with E-state index in [9.17, 15) is 13.6 Å². The van der Waals surface area contributed by atoms with E-state index < -0.39 is 11.6 Å². The summed E-state index contributed by atoms with van der Waals surface area (Å²) in [6.45, 7) is 4.59. The Morgan fingerprint density at radius 2 is 1.97 bits per heavy atom. The van der Waals surface area contributed by atoms with Crippen molar-refractivity contribution in [3.63, 3.8) is 0 Å². The van der Waals surface area contributed by atoms with E-state index in [2.05, 4.69) is 10.3 Å². The maximum atomic E-state index is 14.2. The van der Waals surface area contributed by atoms with Crippen molar-refractivity contribution < 1.29 is 18.0 Å². The molecule has 2 heterocycles. The largest absolute Gasteiger partial charge is 0.438 e. The predicted octanol–water partition coefficient (Wildman–Crippen LogP) is 6.76. The van der Waals surface area contributed by atoms with Crippen LogP contribution in [0.25, 0.3) is 22.2 Å². The standard InChI is InChI=1S/C26H23F2N3O2/c1-15-5-3-6-21(16(15)2)30-26(32)31-12-4-7-23(31)25-29-22-13-17(8-11-24(22)33-25)19-10-9-18(27)14-20(19)28/h3,5-6,8-11,13-14,23H,4,7,12H2,1-2H3,(H,30,32)/t23-/m1/s1. The third-order valence-corrected chi connectivity index (χ3v) is 6.29. The van der Waals surface area contributed by atoms with E-state index in [0.29, 0.717) is 34.7 Å². The number of aromatic nitrogens is 1. The van der Waals surface area contributed by atoms with Gasteiger partial charge in [0, 0.05) is 23.9 Å². The van der Waals surface area contributed by atoms with Gasteiger partial charge in [0.05, 0.1) is 0 Å². The highest BCUT2D eigenvalue weighted by molar-refractivity contribution is 5.91. The molecule has 168 valence electrons. The summed E-state index contributed by atoms with van der Waals surface area (Å²) in [5.74, 6) is -0.806. The fraction of sp³-hybridized carbons (Fsp3) is 0.231. The van der Waals surface area contributed by atoms with Gasteiger partial charge in [0.2, 0.25) is 5.89 Å². The molecule has 1 aliphatic heterocycles. The molecule has 1 saturated heterocycles. The van der Waals surface area contributed by atoms with Gasteiger partial charge < -0.3 is 14.6 Å². The number of oxazole rings is 1. The smallest absolute Gasteiger partial charge is 0.322 e. The van der Waals surface area contributed by atoms with E-state index in [1.165, 1.54) is 12.1 Å². The lowest BCUT2D eigenvalue weighted by atomic mass is 10.0. The van der Waals surface area contributed by atoms with Gasteiger partial charge in [0.1, 0.15) is 23.2 Å².